The molecule has 0 atom stereocenters. The standard InChI is InChI=1S/C24H24BrFN2O7/c1-24(2)34-19(12-20(31)35-24)22(23(32)14-7-8-16(25)18(30)11-14)28-27-21-15(5-3-6-17(21)26)13-33-10-4-9-29/h3,5-8,11-12,27,29-30H,4,9-10,13H2,1-2H3. The van der Waals surface area contributed by atoms with E-state index in [9.17, 15) is 19.1 Å². The van der Waals surface area contributed by atoms with Crippen molar-refractivity contribution in [2.45, 2.75) is 32.7 Å². The molecular formula is C24H24BrFN2O7. The first-order valence-electron chi connectivity index (χ1n) is 10.6. The number of hydrogen-bond donors (Lipinski definition) is 3. The summed E-state index contributed by atoms with van der Waals surface area (Å²) in [7, 11) is 0. The van der Waals surface area contributed by atoms with Gasteiger partial charge in [-0.25, -0.2) is 9.18 Å². The number of carbonyl (C=O) groups excluding carboxylic acids is 2. The Labute approximate surface area is 209 Å². The van der Waals surface area contributed by atoms with Gasteiger partial charge in [0.1, 0.15) is 11.6 Å². The number of aliphatic hydroxyl groups is 1. The molecule has 3 rings (SSSR count). The molecular weight excluding hydrogens is 527 g/mol. The number of ether oxygens (including phenoxy) is 3. The maximum absolute atomic E-state index is 14.7. The Balaban J connectivity index is 2.00. The molecule has 0 unspecified atom stereocenters. The second kappa shape index (κ2) is 11.4. The van der Waals surface area contributed by atoms with E-state index in [1.165, 1.54) is 44.2 Å². The summed E-state index contributed by atoms with van der Waals surface area (Å²) in [6.45, 7) is 3.22. The lowest BCUT2D eigenvalue weighted by Gasteiger charge is -2.30. The summed E-state index contributed by atoms with van der Waals surface area (Å²) in [4.78, 5) is 25.4. The van der Waals surface area contributed by atoms with Crippen molar-refractivity contribution in [3.63, 3.8) is 0 Å². The predicted octanol–water partition coefficient (Wildman–Crippen LogP) is 4.04. The number of Topliss-reactive ketones (excluding diaryl/α,β-unsaturated/α-hetero) is 1. The number of aromatic hydroxyl groups is 1. The number of anilines is 1. The molecule has 0 amide bonds. The van der Waals surface area contributed by atoms with Gasteiger partial charge in [0.25, 0.3) is 0 Å². The normalized spacial score (nSPS) is 15.2. The van der Waals surface area contributed by atoms with Crippen LogP contribution >= 0.6 is 15.9 Å². The predicted molar refractivity (Wildman–Crippen MR) is 128 cm³/mol. The zero-order chi connectivity index (χ0) is 25.6. The number of para-hydroxylation sites is 1. The van der Waals surface area contributed by atoms with E-state index < -0.39 is 23.4 Å². The van der Waals surface area contributed by atoms with Gasteiger partial charge in [-0.2, -0.15) is 5.10 Å². The third-order valence-electron chi connectivity index (χ3n) is 4.69. The van der Waals surface area contributed by atoms with E-state index in [1.807, 2.05) is 0 Å². The molecule has 2 aromatic carbocycles. The second-order valence-corrected chi connectivity index (χ2v) is 8.76. The third-order valence-corrected chi connectivity index (χ3v) is 5.36. The molecule has 1 aliphatic rings. The average molecular weight is 551 g/mol. The van der Waals surface area contributed by atoms with Crippen molar-refractivity contribution in [2.75, 3.05) is 18.6 Å². The van der Waals surface area contributed by atoms with Crippen molar-refractivity contribution in [1.82, 2.24) is 0 Å². The van der Waals surface area contributed by atoms with Crippen LogP contribution in [0.4, 0.5) is 10.1 Å². The smallest absolute Gasteiger partial charge is 0.337 e. The topological polar surface area (TPSA) is 127 Å². The fourth-order valence-electron chi connectivity index (χ4n) is 3.09. The Morgan fingerprint density at radius 3 is 2.71 bits per heavy atom. The van der Waals surface area contributed by atoms with Gasteiger partial charge in [-0.1, -0.05) is 12.1 Å². The van der Waals surface area contributed by atoms with Crippen molar-refractivity contribution >= 4 is 39.1 Å². The summed E-state index contributed by atoms with van der Waals surface area (Å²) >= 11 is 3.15. The molecule has 1 aliphatic heterocycles. The van der Waals surface area contributed by atoms with Crippen LogP contribution in [0.1, 0.15) is 36.2 Å². The number of hydrogen-bond acceptors (Lipinski definition) is 9. The van der Waals surface area contributed by atoms with E-state index in [-0.39, 0.29) is 48.3 Å². The van der Waals surface area contributed by atoms with Gasteiger partial charge in [-0.3, -0.25) is 10.2 Å². The van der Waals surface area contributed by atoms with E-state index in [4.69, 9.17) is 19.3 Å². The van der Waals surface area contributed by atoms with Gasteiger partial charge in [-0.05, 0) is 46.6 Å². The van der Waals surface area contributed by atoms with Crippen molar-refractivity contribution in [2.24, 2.45) is 5.10 Å². The highest BCUT2D eigenvalue weighted by Crippen LogP contribution is 2.28. The molecule has 11 heteroatoms. The van der Waals surface area contributed by atoms with Crippen molar-refractivity contribution < 1.29 is 38.4 Å². The van der Waals surface area contributed by atoms with Crippen LogP contribution < -0.4 is 5.43 Å². The van der Waals surface area contributed by atoms with E-state index >= 15 is 0 Å². The highest BCUT2D eigenvalue weighted by molar-refractivity contribution is 9.10. The van der Waals surface area contributed by atoms with Crippen LogP contribution in [0.3, 0.4) is 0 Å². The fraction of sp³-hybridized carbons (Fsp3) is 0.292. The van der Waals surface area contributed by atoms with Gasteiger partial charge in [0.05, 0.1) is 22.8 Å². The number of esters is 1. The maximum Gasteiger partial charge on any atom is 0.337 e. The van der Waals surface area contributed by atoms with E-state index in [0.29, 0.717) is 16.5 Å². The Bertz CT molecular complexity index is 1180. The van der Waals surface area contributed by atoms with E-state index in [1.54, 1.807) is 6.07 Å². The fourth-order valence-corrected chi connectivity index (χ4v) is 3.34. The summed E-state index contributed by atoms with van der Waals surface area (Å²) in [6.07, 6.45) is 1.38. The highest BCUT2D eigenvalue weighted by Gasteiger charge is 2.35. The summed E-state index contributed by atoms with van der Waals surface area (Å²) in [5, 5.41) is 23.0. The maximum atomic E-state index is 14.7. The molecule has 0 aromatic heterocycles. The number of ketones is 1. The van der Waals surface area contributed by atoms with Crippen LogP contribution in [0.25, 0.3) is 0 Å². The van der Waals surface area contributed by atoms with Crippen molar-refractivity contribution in [1.29, 1.82) is 0 Å². The molecule has 1 heterocycles. The van der Waals surface area contributed by atoms with Gasteiger partial charge in [0, 0.05) is 38.2 Å². The number of nitrogens with zero attached hydrogens (tertiary/aromatic N) is 1. The molecule has 0 bridgehead atoms. The SMILES string of the molecule is CC1(C)OC(=O)C=C(C(=NNc2c(F)cccc2COCCCO)C(=O)c2ccc(Br)c(O)c2)O1. The minimum Gasteiger partial charge on any atom is -0.507 e. The Kier molecular flexibility index (Phi) is 8.60. The number of rotatable bonds is 10. The summed E-state index contributed by atoms with van der Waals surface area (Å²) in [6, 6.07) is 8.46. The first-order chi connectivity index (χ1) is 16.6. The van der Waals surface area contributed by atoms with E-state index in [2.05, 4.69) is 26.5 Å². The average Bonchev–Trinajstić information content (AvgIpc) is 2.78. The first-order valence-corrected chi connectivity index (χ1v) is 11.4. The zero-order valence-corrected chi connectivity index (χ0v) is 20.6. The van der Waals surface area contributed by atoms with Crippen LogP contribution in [0.15, 0.2) is 57.8 Å². The van der Waals surface area contributed by atoms with Gasteiger partial charge in [-0.15, -0.1) is 0 Å². The third kappa shape index (κ3) is 6.87. The van der Waals surface area contributed by atoms with Crippen LogP contribution in [0, 0.1) is 5.82 Å². The minimum atomic E-state index is -1.38. The number of cyclic esters (lactones) is 1. The molecule has 3 N–H and O–H groups in total. The Morgan fingerprint density at radius 2 is 2.03 bits per heavy atom. The summed E-state index contributed by atoms with van der Waals surface area (Å²) in [5.41, 5.74) is 2.64. The number of carbonyl (C=O) groups is 2. The molecule has 0 fully saturated rings. The van der Waals surface area contributed by atoms with Crippen molar-refractivity contribution in [3.05, 3.63) is 69.7 Å². The van der Waals surface area contributed by atoms with Gasteiger partial charge in [0.2, 0.25) is 11.6 Å². The zero-order valence-electron chi connectivity index (χ0n) is 19.0. The molecule has 0 saturated carbocycles. The monoisotopic (exact) mass is 550 g/mol. The molecule has 0 spiro atoms. The van der Waals surface area contributed by atoms with Crippen molar-refractivity contribution in [3.8, 4) is 5.75 Å². The lowest BCUT2D eigenvalue weighted by molar-refractivity contribution is -0.202. The number of benzene rings is 2. The number of phenolic OH excluding ortho intramolecular Hbond substituents is 1. The number of allylic oxidation sites excluding steroid dienone is 1. The highest BCUT2D eigenvalue weighted by atomic mass is 79.9. The number of nitrogens with one attached hydrogen (secondary N) is 1. The molecule has 9 nitrogen and oxygen atoms in total. The van der Waals surface area contributed by atoms with Crippen LogP contribution in [-0.2, 0) is 25.6 Å². The molecule has 35 heavy (non-hydrogen) atoms. The van der Waals surface area contributed by atoms with Gasteiger partial charge < -0.3 is 24.4 Å². The lowest BCUT2D eigenvalue weighted by atomic mass is 10.0. The first kappa shape index (κ1) is 26.3. The van der Waals surface area contributed by atoms with Crippen LogP contribution in [0.2, 0.25) is 0 Å². The van der Waals surface area contributed by atoms with Gasteiger partial charge in [0.15, 0.2) is 11.5 Å². The summed E-state index contributed by atoms with van der Waals surface area (Å²) < 4.78 is 31.2. The Hall–Kier alpha value is -3.28. The molecule has 186 valence electrons. The van der Waals surface area contributed by atoms with Gasteiger partial charge >= 0.3 is 5.97 Å². The summed E-state index contributed by atoms with van der Waals surface area (Å²) in [5.74, 6) is -3.86. The van der Waals surface area contributed by atoms with E-state index in [0.717, 1.165) is 6.08 Å². The second-order valence-electron chi connectivity index (χ2n) is 7.90. The van der Waals surface area contributed by atoms with Crippen LogP contribution in [0.5, 0.6) is 5.75 Å². The quantitative estimate of drug-likeness (QED) is 0.133. The largest absolute Gasteiger partial charge is 0.507 e. The molecule has 2 aromatic rings. The minimum absolute atomic E-state index is 0.0258. The number of phenols is 1. The number of aliphatic hydroxyl groups excluding tert-OH is 1. The number of hydrazone groups is 1. The molecule has 0 saturated heterocycles. The lowest BCUT2D eigenvalue weighted by Crippen LogP contribution is -2.37. The number of halogens is 2. The molecule has 0 radical (unpaired) electrons. The Morgan fingerprint density at radius 1 is 1.26 bits per heavy atom. The van der Waals surface area contributed by atoms with Crippen LogP contribution in [-0.4, -0.2) is 46.7 Å². The molecule has 0 aliphatic carbocycles.